The highest BCUT2D eigenvalue weighted by Gasteiger charge is 2.35. The highest BCUT2D eigenvalue weighted by atomic mass is 16.5. The Morgan fingerprint density at radius 1 is 1.30 bits per heavy atom. The molecule has 0 bridgehead atoms. The molecule has 2 rings (SSSR count). The fourth-order valence-electron chi connectivity index (χ4n) is 2.33. The fourth-order valence-corrected chi connectivity index (χ4v) is 2.33. The molecule has 122 valence electrons. The van der Waals surface area contributed by atoms with Crippen LogP contribution >= 0.6 is 0 Å². The average Bonchev–Trinajstić information content (AvgIpc) is 2.93. The summed E-state index contributed by atoms with van der Waals surface area (Å²) in [5.41, 5.74) is 0.849. The normalized spacial score (nSPS) is 17.0. The van der Waals surface area contributed by atoms with Gasteiger partial charge in [0.25, 0.3) is 5.91 Å². The van der Waals surface area contributed by atoms with Crippen LogP contribution in [-0.2, 0) is 19.1 Å². The van der Waals surface area contributed by atoms with E-state index in [4.69, 9.17) is 5.11 Å². The number of nitrogens with zero attached hydrogens (tertiary/aromatic N) is 1. The fraction of sp³-hybridized carbons (Fsp3) is 0.333. The second kappa shape index (κ2) is 6.91. The van der Waals surface area contributed by atoms with Crippen LogP contribution in [0.25, 0.3) is 0 Å². The molecule has 23 heavy (non-hydrogen) atoms. The Morgan fingerprint density at radius 3 is 2.52 bits per heavy atom. The van der Waals surface area contributed by atoms with Crippen LogP contribution in [0.4, 0.5) is 5.69 Å². The molecule has 2 N–H and O–H groups in total. The molecule has 0 aliphatic carbocycles. The van der Waals surface area contributed by atoms with Gasteiger partial charge in [0.2, 0.25) is 5.91 Å². The third kappa shape index (κ3) is 3.85. The summed E-state index contributed by atoms with van der Waals surface area (Å²) in [5, 5.41) is 10.8. The van der Waals surface area contributed by atoms with Crippen LogP contribution in [0.1, 0.15) is 16.8 Å². The number of hydrogen-bond donors (Lipinski definition) is 2. The first-order chi connectivity index (χ1) is 10.9. The monoisotopic (exact) mass is 320 g/mol. The Hall–Kier alpha value is -2.90. The second-order valence-corrected chi connectivity index (χ2v) is 5.05. The number of carbonyl (C=O) groups is 4. The number of rotatable bonds is 5. The van der Waals surface area contributed by atoms with Crippen molar-refractivity contribution in [3.05, 3.63) is 29.8 Å². The molecule has 1 unspecified atom stereocenters. The number of benzene rings is 1. The van der Waals surface area contributed by atoms with E-state index >= 15 is 0 Å². The van der Waals surface area contributed by atoms with Crippen molar-refractivity contribution in [1.82, 2.24) is 5.32 Å². The van der Waals surface area contributed by atoms with Gasteiger partial charge in [0.1, 0.15) is 6.54 Å². The van der Waals surface area contributed by atoms with E-state index < -0.39 is 30.3 Å². The third-order valence-corrected chi connectivity index (χ3v) is 3.50. The first-order valence-electron chi connectivity index (χ1n) is 6.90. The van der Waals surface area contributed by atoms with E-state index in [1.807, 2.05) is 0 Å². The average molecular weight is 320 g/mol. The summed E-state index contributed by atoms with van der Waals surface area (Å²) in [6.07, 6.45) is 0.0908. The van der Waals surface area contributed by atoms with Crippen molar-refractivity contribution in [1.29, 1.82) is 0 Å². The maximum absolute atomic E-state index is 12.0. The van der Waals surface area contributed by atoms with Gasteiger partial charge in [-0.15, -0.1) is 0 Å². The molecule has 1 saturated heterocycles. The zero-order valence-electron chi connectivity index (χ0n) is 12.4. The van der Waals surface area contributed by atoms with Gasteiger partial charge in [0.05, 0.1) is 13.0 Å². The van der Waals surface area contributed by atoms with E-state index in [9.17, 15) is 19.2 Å². The summed E-state index contributed by atoms with van der Waals surface area (Å²) in [4.78, 5) is 47.1. The molecule has 0 aromatic heterocycles. The molecule has 1 fully saturated rings. The summed E-state index contributed by atoms with van der Waals surface area (Å²) < 4.78 is 4.64. The van der Waals surface area contributed by atoms with E-state index in [2.05, 4.69) is 10.1 Å². The molecule has 1 heterocycles. The summed E-state index contributed by atoms with van der Waals surface area (Å²) >= 11 is 0. The van der Waals surface area contributed by atoms with E-state index in [-0.39, 0.29) is 24.4 Å². The van der Waals surface area contributed by atoms with E-state index in [1.165, 1.54) is 24.1 Å². The van der Waals surface area contributed by atoms with Gasteiger partial charge in [-0.25, -0.2) is 0 Å². The predicted molar refractivity (Wildman–Crippen MR) is 78.9 cm³/mol. The third-order valence-electron chi connectivity index (χ3n) is 3.50. The number of ether oxygens (including phenoxy) is 1. The maximum Gasteiger partial charge on any atom is 0.322 e. The zero-order valence-corrected chi connectivity index (χ0v) is 12.4. The smallest absolute Gasteiger partial charge is 0.322 e. The van der Waals surface area contributed by atoms with Crippen LogP contribution in [-0.4, -0.2) is 49.1 Å². The molecule has 2 amide bonds. The summed E-state index contributed by atoms with van der Waals surface area (Å²) in [6, 6.07) is 6.14. The highest BCUT2D eigenvalue weighted by Crippen LogP contribution is 2.26. The first kappa shape index (κ1) is 16.5. The van der Waals surface area contributed by atoms with Crippen molar-refractivity contribution in [2.75, 3.05) is 25.1 Å². The molecule has 8 heteroatoms. The van der Waals surface area contributed by atoms with Crippen molar-refractivity contribution >= 4 is 29.4 Å². The van der Waals surface area contributed by atoms with Crippen molar-refractivity contribution in [3.63, 3.8) is 0 Å². The van der Waals surface area contributed by atoms with Crippen molar-refractivity contribution in [2.45, 2.75) is 6.42 Å². The van der Waals surface area contributed by atoms with Crippen molar-refractivity contribution in [3.8, 4) is 0 Å². The van der Waals surface area contributed by atoms with Crippen LogP contribution in [0, 0.1) is 5.92 Å². The number of carboxylic acid groups (broad SMARTS) is 1. The number of nitrogens with one attached hydrogen (secondary N) is 1. The van der Waals surface area contributed by atoms with Crippen molar-refractivity contribution < 1.29 is 29.0 Å². The van der Waals surface area contributed by atoms with Gasteiger partial charge in [-0.05, 0) is 24.3 Å². The van der Waals surface area contributed by atoms with Gasteiger partial charge in [-0.1, -0.05) is 0 Å². The lowest BCUT2D eigenvalue weighted by atomic mass is 10.1. The Balaban J connectivity index is 2.05. The largest absolute Gasteiger partial charge is 0.480 e. The van der Waals surface area contributed by atoms with Gasteiger partial charge in [-0.2, -0.15) is 0 Å². The molecule has 1 aliphatic heterocycles. The predicted octanol–water partition coefficient (Wildman–Crippen LogP) is 0.0269. The topological polar surface area (TPSA) is 113 Å². The Bertz CT molecular complexity index is 640. The minimum Gasteiger partial charge on any atom is -0.480 e. The number of hydrogen-bond acceptors (Lipinski definition) is 5. The van der Waals surface area contributed by atoms with Crippen LogP contribution < -0.4 is 10.2 Å². The second-order valence-electron chi connectivity index (χ2n) is 5.05. The first-order valence-corrected chi connectivity index (χ1v) is 6.90. The molecule has 1 atom stereocenters. The Labute approximate surface area is 132 Å². The van der Waals surface area contributed by atoms with Crippen LogP contribution in [0.15, 0.2) is 24.3 Å². The quantitative estimate of drug-likeness (QED) is 0.740. The zero-order chi connectivity index (χ0) is 17.0. The number of anilines is 1. The minimum absolute atomic E-state index is 0.0908. The molecule has 0 radical (unpaired) electrons. The van der Waals surface area contributed by atoms with Gasteiger partial charge in [0, 0.05) is 24.2 Å². The Kier molecular flexibility index (Phi) is 4.95. The van der Waals surface area contributed by atoms with Crippen LogP contribution in [0.5, 0.6) is 0 Å². The standard InChI is InChI=1S/C15H16N2O6/c1-23-15(22)10-6-12(18)17(8-10)11-4-2-9(3-5-11)14(21)16-7-13(19)20/h2-5,10H,6-8H2,1H3,(H,16,21)(H,19,20). The van der Waals surface area contributed by atoms with Gasteiger partial charge < -0.3 is 20.1 Å². The molecule has 1 aromatic rings. The summed E-state index contributed by atoms with van der Waals surface area (Å²) in [5.74, 6) is -2.76. The molecular formula is C15H16N2O6. The molecule has 0 spiro atoms. The van der Waals surface area contributed by atoms with Gasteiger partial charge >= 0.3 is 11.9 Å². The van der Waals surface area contributed by atoms with Crippen LogP contribution in [0.2, 0.25) is 0 Å². The number of carboxylic acids is 1. The number of carbonyl (C=O) groups excluding carboxylic acids is 3. The minimum atomic E-state index is -1.13. The SMILES string of the molecule is COC(=O)C1CC(=O)N(c2ccc(C(=O)NCC(=O)O)cc2)C1. The summed E-state index contributed by atoms with van der Waals surface area (Å²) in [7, 11) is 1.28. The number of amides is 2. The van der Waals surface area contributed by atoms with Gasteiger partial charge in [0.15, 0.2) is 0 Å². The van der Waals surface area contributed by atoms with E-state index in [0.717, 1.165) is 0 Å². The van der Waals surface area contributed by atoms with Crippen molar-refractivity contribution in [2.24, 2.45) is 5.92 Å². The lowest BCUT2D eigenvalue weighted by Crippen LogP contribution is -2.29. The molecular weight excluding hydrogens is 304 g/mol. The Morgan fingerprint density at radius 2 is 1.96 bits per heavy atom. The number of methoxy groups -OCH3 is 1. The van der Waals surface area contributed by atoms with E-state index in [1.54, 1.807) is 12.1 Å². The number of aliphatic carboxylic acids is 1. The van der Waals surface area contributed by atoms with E-state index in [0.29, 0.717) is 5.69 Å². The maximum atomic E-state index is 12.0. The molecule has 8 nitrogen and oxygen atoms in total. The lowest BCUT2D eigenvalue weighted by molar-refractivity contribution is -0.145. The van der Waals surface area contributed by atoms with Crippen LogP contribution in [0.3, 0.4) is 0 Å². The summed E-state index contributed by atoms with van der Waals surface area (Å²) in [6.45, 7) is -0.234. The van der Waals surface area contributed by atoms with Gasteiger partial charge in [-0.3, -0.25) is 19.2 Å². The molecule has 0 saturated carbocycles. The molecule has 1 aliphatic rings. The number of esters is 1. The highest BCUT2D eigenvalue weighted by molar-refractivity contribution is 6.00. The lowest BCUT2D eigenvalue weighted by Gasteiger charge is -2.16. The molecule has 1 aromatic carbocycles.